The maximum Gasteiger partial charge on any atom is 0.324 e. The quantitative estimate of drug-likeness (QED) is 0.305. The number of rotatable bonds is 8. The van der Waals surface area contributed by atoms with Crippen LogP contribution < -0.4 is 8.61 Å². The van der Waals surface area contributed by atoms with Gasteiger partial charge in [0.2, 0.25) is 0 Å². The lowest BCUT2D eigenvalue weighted by atomic mass is 10.1. The molecule has 0 heterocycles. The van der Waals surface area contributed by atoms with Gasteiger partial charge in [-0.2, -0.15) is 0 Å². The van der Waals surface area contributed by atoms with Gasteiger partial charge in [-0.15, -0.1) is 0 Å². The van der Waals surface area contributed by atoms with Gasteiger partial charge < -0.3 is 5.11 Å². The molecule has 37 heavy (non-hydrogen) atoms. The Kier molecular flexibility index (Phi) is 7.38. The van der Waals surface area contributed by atoms with Gasteiger partial charge in [-0.25, -0.2) is 16.8 Å². The molecule has 0 saturated heterocycles. The summed E-state index contributed by atoms with van der Waals surface area (Å²) in [7, 11) is -7.17. The number of anilines is 2. The average molecular weight is 579 g/mol. The molecule has 0 radical (unpaired) electrons. The Hall–Kier alpha value is -3.31. The second-order valence-corrected chi connectivity index (χ2v) is 12.7. The van der Waals surface area contributed by atoms with Crippen molar-refractivity contribution in [3.8, 4) is 0 Å². The normalized spacial score (nSPS) is 11.9. The summed E-state index contributed by atoms with van der Waals surface area (Å²) in [4.78, 5) is 11.6. The number of nitrogens with zero attached hydrogens (tertiary/aromatic N) is 2. The van der Waals surface area contributed by atoms with E-state index in [0.717, 1.165) is 16.4 Å². The summed E-state index contributed by atoms with van der Waals surface area (Å²) in [6, 6.07) is 21.0. The smallest absolute Gasteiger partial charge is 0.324 e. The number of carboxylic acids is 1. The van der Waals surface area contributed by atoms with Gasteiger partial charge in [0.25, 0.3) is 20.0 Å². The highest BCUT2D eigenvalue weighted by molar-refractivity contribution is 7.93. The molecular weight excluding hydrogens is 559 g/mol. The van der Waals surface area contributed by atoms with Crippen LogP contribution in [-0.4, -0.2) is 41.5 Å². The molecule has 0 aliphatic rings. The summed E-state index contributed by atoms with van der Waals surface area (Å²) in [6.07, 6.45) is 0. The van der Waals surface area contributed by atoms with E-state index in [1.165, 1.54) is 31.3 Å². The number of carboxylic acid groups (broad SMARTS) is 1. The summed E-state index contributed by atoms with van der Waals surface area (Å²) in [5, 5.41) is 10.6. The van der Waals surface area contributed by atoms with E-state index in [9.17, 15) is 26.7 Å². The van der Waals surface area contributed by atoms with Crippen LogP contribution in [0.2, 0.25) is 10.0 Å². The van der Waals surface area contributed by atoms with Crippen LogP contribution in [0.25, 0.3) is 10.8 Å². The van der Waals surface area contributed by atoms with Crippen molar-refractivity contribution < 1.29 is 26.7 Å². The first-order valence-electron chi connectivity index (χ1n) is 10.7. The molecule has 0 saturated carbocycles. The minimum Gasteiger partial charge on any atom is -0.480 e. The Balaban J connectivity index is 1.96. The highest BCUT2D eigenvalue weighted by Crippen LogP contribution is 2.37. The van der Waals surface area contributed by atoms with Gasteiger partial charge >= 0.3 is 5.97 Å². The molecule has 0 aliphatic heterocycles. The van der Waals surface area contributed by atoms with E-state index in [-0.39, 0.29) is 31.2 Å². The van der Waals surface area contributed by atoms with Crippen molar-refractivity contribution in [3.63, 3.8) is 0 Å². The van der Waals surface area contributed by atoms with Crippen LogP contribution in [0.3, 0.4) is 0 Å². The monoisotopic (exact) mass is 578 g/mol. The first-order chi connectivity index (χ1) is 17.4. The molecule has 0 bridgehead atoms. The van der Waals surface area contributed by atoms with E-state index in [0.29, 0.717) is 15.1 Å². The molecule has 4 aromatic rings. The minimum atomic E-state index is -4.50. The summed E-state index contributed by atoms with van der Waals surface area (Å²) >= 11 is 12.1. The predicted octanol–water partition coefficient (Wildman–Crippen LogP) is 5.25. The van der Waals surface area contributed by atoms with Crippen molar-refractivity contribution in [2.75, 3.05) is 22.2 Å². The van der Waals surface area contributed by atoms with E-state index >= 15 is 0 Å². The summed E-state index contributed by atoms with van der Waals surface area (Å²) in [5.74, 6) is -1.42. The van der Waals surface area contributed by atoms with Gasteiger partial charge in [0.15, 0.2) is 0 Å². The van der Waals surface area contributed by atoms with E-state index in [4.69, 9.17) is 23.2 Å². The summed E-state index contributed by atoms with van der Waals surface area (Å²) < 4.78 is 55.8. The van der Waals surface area contributed by atoms with Gasteiger partial charge in [0.05, 0.1) is 21.2 Å². The van der Waals surface area contributed by atoms with Crippen molar-refractivity contribution in [2.24, 2.45) is 0 Å². The van der Waals surface area contributed by atoms with Crippen LogP contribution in [0.4, 0.5) is 11.4 Å². The number of halogens is 2. The number of benzene rings is 4. The molecule has 0 atom stereocenters. The molecular formula is C25H20Cl2N2O6S2. The Morgan fingerprint density at radius 3 is 2.00 bits per heavy atom. The number of aliphatic carboxylic acids is 1. The van der Waals surface area contributed by atoms with Crippen LogP contribution in [0.1, 0.15) is 0 Å². The lowest BCUT2D eigenvalue weighted by Gasteiger charge is -2.27. The van der Waals surface area contributed by atoms with E-state index in [1.807, 2.05) is 0 Å². The predicted molar refractivity (Wildman–Crippen MR) is 145 cm³/mol. The largest absolute Gasteiger partial charge is 0.480 e. The zero-order chi connectivity index (χ0) is 27.0. The van der Waals surface area contributed by atoms with Gasteiger partial charge in [-0.1, -0.05) is 65.7 Å². The third-order valence-corrected chi connectivity index (χ3v) is 9.54. The van der Waals surface area contributed by atoms with Crippen LogP contribution in [0, 0.1) is 0 Å². The van der Waals surface area contributed by atoms with Gasteiger partial charge in [-0.05, 0) is 47.9 Å². The Labute approximate surface area is 224 Å². The Morgan fingerprint density at radius 1 is 0.784 bits per heavy atom. The zero-order valence-electron chi connectivity index (χ0n) is 19.2. The molecule has 192 valence electrons. The van der Waals surface area contributed by atoms with Crippen molar-refractivity contribution in [1.29, 1.82) is 0 Å². The van der Waals surface area contributed by atoms with E-state index in [1.54, 1.807) is 48.5 Å². The first kappa shape index (κ1) is 26.7. The fraction of sp³-hybridized carbons (Fsp3) is 0.0800. The summed E-state index contributed by atoms with van der Waals surface area (Å²) in [6.45, 7) is -0.935. The van der Waals surface area contributed by atoms with Gasteiger partial charge in [0, 0.05) is 22.5 Å². The Bertz CT molecular complexity index is 1690. The van der Waals surface area contributed by atoms with E-state index in [2.05, 4.69) is 0 Å². The second-order valence-electron chi connectivity index (χ2n) is 7.98. The third-order valence-electron chi connectivity index (χ3n) is 5.56. The Morgan fingerprint density at radius 2 is 1.38 bits per heavy atom. The zero-order valence-corrected chi connectivity index (χ0v) is 22.4. The molecule has 0 spiro atoms. The number of hydrogen-bond donors (Lipinski definition) is 1. The van der Waals surface area contributed by atoms with Crippen LogP contribution in [0.5, 0.6) is 0 Å². The fourth-order valence-corrected chi connectivity index (χ4v) is 7.13. The van der Waals surface area contributed by atoms with Crippen LogP contribution >= 0.6 is 23.2 Å². The molecule has 8 nitrogen and oxygen atoms in total. The average Bonchev–Trinajstić information content (AvgIpc) is 2.86. The fourth-order valence-electron chi connectivity index (χ4n) is 3.78. The van der Waals surface area contributed by atoms with Crippen molar-refractivity contribution >= 4 is 71.4 Å². The second kappa shape index (κ2) is 10.2. The molecule has 0 unspecified atom stereocenters. The third kappa shape index (κ3) is 5.37. The first-order valence-corrected chi connectivity index (χ1v) is 14.3. The molecule has 0 aliphatic carbocycles. The topological polar surface area (TPSA) is 112 Å². The maximum atomic E-state index is 13.7. The molecule has 0 aromatic heterocycles. The molecule has 0 amide bonds. The van der Waals surface area contributed by atoms with Crippen LogP contribution in [-0.2, 0) is 24.8 Å². The standard InChI is InChI=1S/C25H20Cl2N2O6S2/c1-28(36(32,33)21-8-3-2-4-9-21)20-11-17-7-5-6-10-23(17)24(15-20)29(16-25(30)31)37(34,35)22-13-18(26)12-19(27)14-22/h2-15H,16H2,1H3,(H,30,31). The highest BCUT2D eigenvalue weighted by atomic mass is 35.5. The lowest BCUT2D eigenvalue weighted by Crippen LogP contribution is -2.36. The minimum absolute atomic E-state index is 0.0262. The maximum absolute atomic E-state index is 13.7. The number of hydrogen-bond acceptors (Lipinski definition) is 5. The van der Waals surface area contributed by atoms with Crippen LogP contribution in [0.15, 0.2) is 94.7 Å². The number of fused-ring (bicyclic) bond motifs is 1. The highest BCUT2D eigenvalue weighted by Gasteiger charge is 2.31. The number of sulfonamides is 2. The SMILES string of the molecule is CN(c1cc(N(CC(=O)O)S(=O)(=O)c2cc(Cl)cc(Cl)c2)c2ccccc2c1)S(=O)(=O)c1ccccc1. The molecule has 1 N–H and O–H groups in total. The van der Waals surface area contributed by atoms with Crippen molar-refractivity contribution in [3.05, 3.63) is 95.0 Å². The van der Waals surface area contributed by atoms with Crippen molar-refractivity contribution in [2.45, 2.75) is 9.79 Å². The van der Waals surface area contributed by atoms with Gasteiger partial charge in [0.1, 0.15) is 6.54 Å². The van der Waals surface area contributed by atoms with Crippen molar-refractivity contribution in [1.82, 2.24) is 0 Å². The molecule has 4 aromatic carbocycles. The summed E-state index contributed by atoms with van der Waals surface area (Å²) in [5.41, 5.74) is 0.106. The molecule has 4 rings (SSSR count). The molecule has 12 heteroatoms. The van der Waals surface area contributed by atoms with Gasteiger partial charge in [-0.3, -0.25) is 13.4 Å². The lowest BCUT2D eigenvalue weighted by molar-refractivity contribution is -0.135. The van der Waals surface area contributed by atoms with E-state index < -0.39 is 32.6 Å². The molecule has 0 fully saturated rings. The number of carbonyl (C=O) groups is 1.